The molecule has 3 nitrogen and oxygen atoms in total. The first-order chi connectivity index (χ1) is 11.1. The van der Waals surface area contributed by atoms with Gasteiger partial charge in [-0.3, -0.25) is 4.79 Å². The first-order valence-corrected chi connectivity index (χ1v) is 9.95. The predicted molar refractivity (Wildman–Crippen MR) is 105 cm³/mol. The van der Waals surface area contributed by atoms with Crippen LogP contribution in [0.2, 0.25) is 0 Å². The Morgan fingerprint density at radius 3 is 2.83 bits per heavy atom. The number of hydrogen-bond donors (Lipinski definition) is 1. The molecule has 0 spiro atoms. The maximum absolute atomic E-state index is 12.2. The summed E-state index contributed by atoms with van der Waals surface area (Å²) in [5.41, 5.74) is 1.78. The second kappa shape index (κ2) is 7.55. The number of thiazole rings is 1. The molecular weight excluding hydrogens is 439 g/mol. The molecule has 0 unspecified atom stereocenters. The minimum Gasteiger partial charge on any atom is -0.352 e. The number of halogens is 1. The third-order valence-corrected chi connectivity index (χ3v) is 6.19. The van der Waals surface area contributed by atoms with Crippen molar-refractivity contribution in [2.45, 2.75) is 13.3 Å². The van der Waals surface area contributed by atoms with E-state index in [0.29, 0.717) is 6.54 Å². The van der Waals surface area contributed by atoms with E-state index in [1.165, 1.54) is 9.75 Å². The van der Waals surface area contributed by atoms with Crippen molar-refractivity contribution >= 4 is 51.2 Å². The Labute approximate surface area is 156 Å². The number of nitrogens with zero attached hydrogens (tertiary/aromatic N) is 1. The SMILES string of the molecule is Cc1nc(-c2ccc(CCNC(=O)c3ccccc3I)s2)cs1. The number of aryl methyl sites for hydroxylation is 1. The van der Waals surface area contributed by atoms with E-state index in [4.69, 9.17) is 0 Å². The molecule has 0 saturated carbocycles. The van der Waals surface area contributed by atoms with Crippen LogP contribution >= 0.6 is 45.3 Å². The topological polar surface area (TPSA) is 42.0 Å². The third-order valence-electron chi connectivity index (χ3n) is 3.31. The molecule has 0 bridgehead atoms. The summed E-state index contributed by atoms with van der Waals surface area (Å²) in [6, 6.07) is 11.8. The second-order valence-corrected chi connectivity index (χ2v) is 8.40. The van der Waals surface area contributed by atoms with E-state index in [1.54, 1.807) is 22.7 Å². The monoisotopic (exact) mass is 454 g/mol. The maximum Gasteiger partial charge on any atom is 0.252 e. The molecule has 1 aromatic carbocycles. The van der Waals surface area contributed by atoms with E-state index in [-0.39, 0.29) is 5.91 Å². The van der Waals surface area contributed by atoms with Crippen LogP contribution < -0.4 is 5.32 Å². The fourth-order valence-electron chi connectivity index (χ4n) is 2.17. The molecule has 3 rings (SSSR count). The molecule has 0 aliphatic carbocycles. The largest absolute Gasteiger partial charge is 0.352 e. The summed E-state index contributed by atoms with van der Waals surface area (Å²) < 4.78 is 0.972. The Morgan fingerprint density at radius 1 is 1.26 bits per heavy atom. The van der Waals surface area contributed by atoms with Crippen LogP contribution in [0.4, 0.5) is 0 Å². The zero-order valence-electron chi connectivity index (χ0n) is 12.5. The minimum absolute atomic E-state index is 0.0121. The summed E-state index contributed by atoms with van der Waals surface area (Å²) in [5, 5.41) is 6.16. The molecule has 1 amide bonds. The fraction of sp³-hybridized carbons (Fsp3) is 0.176. The van der Waals surface area contributed by atoms with Gasteiger partial charge in [-0.05, 0) is 60.2 Å². The van der Waals surface area contributed by atoms with Crippen LogP contribution in [0.25, 0.3) is 10.6 Å². The van der Waals surface area contributed by atoms with Crippen molar-refractivity contribution in [1.29, 1.82) is 0 Å². The predicted octanol–water partition coefficient (Wildman–Crippen LogP) is 4.76. The zero-order valence-corrected chi connectivity index (χ0v) is 16.3. The smallest absolute Gasteiger partial charge is 0.252 e. The van der Waals surface area contributed by atoms with E-state index in [1.807, 2.05) is 31.2 Å². The number of carbonyl (C=O) groups excluding carboxylic acids is 1. The number of nitrogens with one attached hydrogen (secondary N) is 1. The quantitative estimate of drug-likeness (QED) is 0.565. The van der Waals surface area contributed by atoms with Crippen LogP contribution in [0.15, 0.2) is 41.8 Å². The number of amides is 1. The van der Waals surface area contributed by atoms with Crippen LogP contribution in [0.5, 0.6) is 0 Å². The summed E-state index contributed by atoms with van der Waals surface area (Å²) in [4.78, 5) is 19.1. The normalized spacial score (nSPS) is 10.7. The average Bonchev–Trinajstić information content (AvgIpc) is 3.16. The second-order valence-electron chi connectivity index (χ2n) is 5.00. The Bertz CT molecular complexity index is 825. The van der Waals surface area contributed by atoms with Gasteiger partial charge in [-0.25, -0.2) is 4.98 Å². The molecular formula is C17H15IN2OS2. The van der Waals surface area contributed by atoms with Gasteiger partial charge >= 0.3 is 0 Å². The standard InChI is InChI=1S/C17H15IN2OS2/c1-11-20-15(10-22-11)16-7-6-12(23-16)8-9-19-17(21)13-4-2-3-5-14(13)18/h2-7,10H,8-9H2,1H3,(H,19,21). The molecule has 1 N–H and O–H groups in total. The van der Waals surface area contributed by atoms with Gasteiger partial charge < -0.3 is 5.32 Å². The highest BCUT2D eigenvalue weighted by Gasteiger charge is 2.09. The third kappa shape index (κ3) is 4.19. The van der Waals surface area contributed by atoms with Crippen LogP contribution in [-0.2, 0) is 6.42 Å². The van der Waals surface area contributed by atoms with Crippen LogP contribution in [0, 0.1) is 10.5 Å². The Morgan fingerprint density at radius 2 is 2.09 bits per heavy atom. The van der Waals surface area contributed by atoms with E-state index in [0.717, 1.165) is 26.3 Å². The molecule has 0 saturated heterocycles. The molecule has 0 aliphatic rings. The molecule has 118 valence electrons. The van der Waals surface area contributed by atoms with Crippen LogP contribution in [-0.4, -0.2) is 17.4 Å². The van der Waals surface area contributed by atoms with Gasteiger partial charge in [0.05, 0.1) is 21.1 Å². The Kier molecular flexibility index (Phi) is 5.45. The summed E-state index contributed by atoms with van der Waals surface area (Å²) in [6.07, 6.45) is 0.836. The first kappa shape index (κ1) is 16.6. The van der Waals surface area contributed by atoms with Crippen molar-refractivity contribution in [3.8, 4) is 10.6 Å². The highest BCUT2D eigenvalue weighted by molar-refractivity contribution is 14.1. The molecule has 0 atom stereocenters. The Hall–Kier alpha value is -1.25. The van der Waals surface area contributed by atoms with Gasteiger partial charge in [-0.15, -0.1) is 22.7 Å². The number of thiophene rings is 1. The van der Waals surface area contributed by atoms with Crippen molar-refractivity contribution in [2.75, 3.05) is 6.54 Å². The summed E-state index contributed by atoms with van der Waals surface area (Å²) in [6.45, 7) is 2.66. The average molecular weight is 454 g/mol. The minimum atomic E-state index is -0.0121. The molecule has 6 heteroatoms. The van der Waals surface area contributed by atoms with Crippen LogP contribution in [0.1, 0.15) is 20.2 Å². The summed E-state index contributed by atoms with van der Waals surface area (Å²) >= 11 is 5.59. The molecule has 0 aliphatic heterocycles. The lowest BCUT2D eigenvalue weighted by atomic mass is 10.2. The van der Waals surface area contributed by atoms with E-state index in [2.05, 4.69) is 50.4 Å². The summed E-state index contributed by atoms with van der Waals surface area (Å²) in [5.74, 6) is -0.0121. The van der Waals surface area contributed by atoms with Gasteiger partial charge in [0.2, 0.25) is 0 Å². The van der Waals surface area contributed by atoms with E-state index < -0.39 is 0 Å². The van der Waals surface area contributed by atoms with Gasteiger partial charge in [-0.2, -0.15) is 0 Å². The van der Waals surface area contributed by atoms with Crippen LogP contribution in [0.3, 0.4) is 0 Å². The molecule has 0 radical (unpaired) electrons. The zero-order chi connectivity index (χ0) is 16.2. The van der Waals surface area contributed by atoms with Gasteiger partial charge in [0.25, 0.3) is 5.91 Å². The van der Waals surface area contributed by atoms with Crippen molar-refractivity contribution in [1.82, 2.24) is 10.3 Å². The maximum atomic E-state index is 12.2. The van der Waals surface area contributed by atoms with Gasteiger partial charge in [-0.1, -0.05) is 12.1 Å². The number of benzene rings is 1. The molecule has 2 heterocycles. The van der Waals surface area contributed by atoms with Gasteiger partial charge in [0, 0.05) is 20.4 Å². The van der Waals surface area contributed by atoms with Gasteiger partial charge in [0.1, 0.15) is 0 Å². The van der Waals surface area contributed by atoms with Crippen molar-refractivity contribution < 1.29 is 4.79 Å². The molecule has 2 aromatic heterocycles. The Balaban J connectivity index is 1.56. The first-order valence-electron chi connectivity index (χ1n) is 7.17. The summed E-state index contributed by atoms with van der Waals surface area (Å²) in [7, 11) is 0. The van der Waals surface area contributed by atoms with E-state index >= 15 is 0 Å². The van der Waals surface area contributed by atoms with Crippen molar-refractivity contribution in [3.63, 3.8) is 0 Å². The molecule has 23 heavy (non-hydrogen) atoms. The fourth-order valence-corrected chi connectivity index (χ4v) is 4.45. The highest BCUT2D eigenvalue weighted by Crippen LogP contribution is 2.29. The lowest BCUT2D eigenvalue weighted by molar-refractivity contribution is 0.0953. The highest BCUT2D eigenvalue weighted by atomic mass is 127. The number of hydrogen-bond acceptors (Lipinski definition) is 4. The van der Waals surface area contributed by atoms with E-state index in [9.17, 15) is 4.79 Å². The van der Waals surface area contributed by atoms with Crippen molar-refractivity contribution in [3.05, 3.63) is 60.8 Å². The number of aromatic nitrogens is 1. The lowest BCUT2D eigenvalue weighted by Crippen LogP contribution is -2.26. The number of carbonyl (C=O) groups is 1. The lowest BCUT2D eigenvalue weighted by Gasteiger charge is -2.05. The van der Waals surface area contributed by atoms with Crippen molar-refractivity contribution in [2.24, 2.45) is 0 Å². The number of rotatable bonds is 5. The molecule has 0 fully saturated rings. The van der Waals surface area contributed by atoms with Gasteiger partial charge in [0.15, 0.2) is 0 Å². The molecule has 3 aromatic rings.